The van der Waals surface area contributed by atoms with E-state index < -0.39 is 5.60 Å². The Kier molecular flexibility index (Phi) is 7.08. The van der Waals surface area contributed by atoms with E-state index in [0.717, 1.165) is 11.3 Å². The van der Waals surface area contributed by atoms with Gasteiger partial charge < -0.3 is 19.7 Å². The van der Waals surface area contributed by atoms with E-state index >= 15 is 0 Å². The lowest BCUT2D eigenvalue weighted by Crippen LogP contribution is -2.16. The molecule has 5 aromatic rings. The van der Waals surface area contributed by atoms with Gasteiger partial charge in [-0.2, -0.15) is 0 Å². The van der Waals surface area contributed by atoms with Crippen molar-refractivity contribution in [2.24, 2.45) is 7.05 Å². The molecule has 40 heavy (non-hydrogen) atoms. The second-order valence-electron chi connectivity index (χ2n) is 10.4. The van der Waals surface area contributed by atoms with Gasteiger partial charge in [-0.1, -0.05) is 24.3 Å². The summed E-state index contributed by atoms with van der Waals surface area (Å²) in [6.07, 6.45) is 1.71. The second kappa shape index (κ2) is 10.4. The molecule has 0 spiro atoms. The van der Waals surface area contributed by atoms with Crippen LogP contribution in [0.2, 0.25) is 0 Å². The summed E-state index contributed by atoms with van der Waals surface area (Å²) in [6, 6.07) is 19.0. The normalized spacial score (nSPS) is 11.6. The van der Waals surface area contributed by atoms with Crippen LogP contribution in [0, 0.1) is 19.7 Å². The Bertz CT molecular complexity index is 1790. The van der Waals surface area contributed by atoms with Crippen molar-refractivity contribution in [2.75, 3.05) is 5.32 Å². The van der Waals surface area contributed by atoms with Gasteiger partial charge in [-0.05, 0) is 86.8 Å². The van der Waals surface area contributed by atoms with Gasteiger partial charge in [0.1, 0.15) is 22.0 Å². The Labute approximate surface area is 235 Å². The SMILES string of the molecule is Cc1cc(F)cc(C)c1Oc1ccc(C(C)(C)O)cc1-c1cn(C)c(=O)c2sc(C(=O)Nc3ccccc3)cc12. The number of carbonyl (C=O) groups excluding carboxylic acids is 1. The molecule has 2 heterocycles. The summed E-state index contributed by atoms with van der Waals surface area (Å²) >= 11 is 1.12. The fourth-order valence-electron chi connectivity index (χ4n) is 4.65. The van der Waals surface area contributed by atoms with Crippen LogP contribution < -0.4 is 15.6 Å². The van der Waals surface area contributed by atoms with Crippen molar-refractivity contribution in [3.63, 3.8) is 0 Å². The van der Waals surface area contributed by atoms with Gasteiger partial charge in [-0.3, -0.25) is 9.59 Å². The van der Waals surface area contributed by atoms with Crippen molar-refractivity contribution < 1.29 is 19.0 Å². The van der Waals surface area contributed by atoms with Gasteiger partial charge in [-0.25, -0.2) is 4.39 Å². The van der Waals surface area contributed by atoms with Crippen LogP contribution in [0.15, 0.2) is 77.7 Å². The number of pyridine rings is 1. The van der Waals surface area contributed by atoms with Crippen molar-refractivity contribution in [2.45, 2.75) is 33.3 Å². The predicted molar refractivity (Wildman–Crippen MR) is 158 cm³/mol. The molecule has 1 amide bonds. The number of aryl methyl sites for hydroxylation is 3. The minimum atomic E-state index is -1.15. The lowest BCUT2D eigenvalue weighted by atomic mass is 9.93. The van der Waals surface area contributed by atoms with Gasteiger partial charge in [0.15, 0.2) is 0 Å². The van der Waals surface area contributed by atoms with Crippen molar-refractivity contribution >= 4 is 33.0 Å². The van der Waals surface area contributed by atoms with Crippen molar-refractivity contribution in [3.05, 3.63) is 111 Å². The van der Waals surface area contributed by atoms with Crippen LogP contribution >= 0.6 is 11.3 Å². The zero-order valence-corrected chi connectivity index (χ0v) is 23.7. The molecule has 0 bridgehead atoms. The highest BCUT2D eigenvalue weighted by Gasteiger charge is 2.23. The van der Waals surface area contributed by atoms with Gasteiger partial charge in [0.05, 0.1) is 10.5 Å². The van der Waals surface area contributed by atoms with Crippen LogP contribution in [0.3, 0.4) is 0 Å². The number of nitrogens with one attached hydrogen (secondary N) is 1. The summed E-state index contributed by atoms with van der Waals surface area (Å²) in [5.74, 6) is 0.319. The second-order valence-corrected chi connectivity index (χ2v) is 11.4. The van der Waals surface area contributed by atoms with Crippen molar-refractivity contribution in [1.29, 1.82) is 0 Å². The first kappa shape index (κ1) is 27.3. The number of aromatic nitrogens is 1. The first-order valence-corrected chi connectivity index (χ1v) is 13.6. The number of para-hydroxylation sites is 1. The van der Waals surface area contributed by atoms with Gasteiger partial charge in [-0.15, -0.1) is 11.3 Å². The smallest absolute Gasteiger partial charge is 0.268 e. The molecule has 0 radical (unpaired) electrons. The topological polar surface area (TPSA) is 80.6 Å². The number of halogens is 1. The number of hydrogen-bond acceptors (Lipinski definition) is 5. The Morgan fingerprint density at radius 2 is 1.68 bits per heavy atom. The maximum absolute atomic E-state index is 14.0. The third-order valence-electron chi connectivity index (χ3n) is 6.73. The van der Waals surface area contributed by atoms with E-state index in [2.05, 4.69) is 5.32 Å². The Balaban J connectivity index is 1.70. The number of benzene rings is 3. The van der Waals surface area contributed by atoms with Gasteiger partial charge in [0, 0.05) is 35.4 Å². The van der Waals surface area contributed by atoms with E-state index in [-0.39, 0.29) is 17.3 Å². The summed E-state index contributed by atoms with van der Waals surface area (Å²) in [7, 11) is 1.66. The number of ether oxygens (including phenoxy) is 1. The van der Waals surface area contributed by atoms with Crippen LogP contribution in [-0.2, 0) is 12.6 Å². The summed E-state index contributed by atoms with van der Waals surface area (Å²) in [5.41, 5.74) is 2.46. The number of carbonyl (C=O) groups is 1. The molecule has 8 heteroatoms. The maximum Gasteiger partial charge on any atom is 0.268 e. The molecule has 0 aliphatic carbocycles. The average Bonchev–Trinajstić information content (AvgIpc) is 3.34. The Hall–Kier alpha value is -4.27. The van der Waals surface area contributed by atoms with Gasteiger partial charge in [0.2, 0.25) is 0 Å². The molecule has 0 saturated carbocycles. The van der Waals surface area contributed by atoms with E-state index in [4.69, 9.17) is 4.74 Å². The Morgan fingerprint density at radius 1 is 1.00 bits per heavy atom. The third-order valence-corrected chi connectivity index (χ3v) is 7.85. The molecular weight excluding hydrogens is 527 g/mol. The molecule has 204 valence electrons. The minimum absolute atomic E-state index is 0.228. The molecule has 6 nitrogen and oxygen atoms in total. The van der Waals surface area contributed by atoms with Gasteiger partial charge >= 0.3 is 0 Å². The van der Waals surface area contributed by atoms with E-state index in [9.17, 15) is 19.1 Å². The first-order chi connectivity index (χ1) is 18.9. The third kappa shape index (κ3) is 5.28. The number of anilines is 1. The lowest BCUT2D eigenvalue weighted by Gasteiger charge is -2.22. The largest absolute Gasteiger partial charge is 0.456 e. The summed E-state index contributed by atoms with van der Waals surface area (Å²) in [4.78, 5) is 26.7. The first-order valence-electron chi connectivity index (χ1n) is 12.7. The lowest BCUT2D eigenvalue weighted by molar-refractivity contribution is 0.0786. The molecular formula is C32H29FN2O4S. The molecule has 0 aliphatic heterocycles. The number of rotatable bonds is 6. The fourth-order valence-corrected chi connectivity index (χ4v) is 5.70. The summed E-state index contributed by atoms with van der Waals surface area (Å²) in [5, 5.41) is 14.3. The predicted octanol–water partition coefficient (Wildman–Crippen LogP) is 7.29. The number of fused-ring (bicyclic) bond motifs is 1. The molecule has 3 aromatic carbocycles. The number of amides is 1. The average molecular weight is 557 g/mol. The van der Waals surface area contributed by atoms with Crippen LogP contribution in [0.1, 0.15) is 40.2 Å². The zero-order valence-electron chi connectivity index (χ0n) is 22.8. The molecule has 5 rings (SSSR count). The molecule has 0 saturated heterocycles. The molecule has 0 fully saturated rings. The highest BCUT2D eigenvalue weighted by molar-refractivity contribution is 7.21. The number of hydrogen-bond donors (Lipinski definition) is 2. The summed E-state index contributed by atoms with van der Waals surface area (Å²) < 4.78 is 22.3. The number of nitrogens with zero attached hydrogens (tertiary/aromatic N) is 1. The monoisotopic (exact) mass is 556 g/mol. The van der Waals surface area contributed by atoms with E-state index in [1.54, 1.807) is 71.3 Å². The highest BCUT2D eigenvalue weighted by atomic mass is 32.1. The number of thiophene rings is 1. The van der Waals surface area contributed by atoms with Crippen molar-refractivity contribution in [1.82, 2.24) is 4.57 Å². The molecule has 0 unspecified atom stereocenters. The van der Waals surface area contributed by atoms with Crippen LogP contribution in [0.4, 0.5) is 10.1 Å². The quantitative estimate of drug-likeness (QED) is 0.230. The maximum atomic E-state index is 14.0. The van der Waals surface area contributed by atoms with Crippen LogP contribution in [0.5, 0.6) is 11.5 Å². The van der Waals surface area contributed by atoms with Crippen LogP contribution in [0.25, 0.3) is 21.2 Å². The molecule has 0 aliphatic rings. The molecule has 2 aromatic heterocycles. The zero-order chi connectivity index (χ0) is 28.8. The van der Waals surface area contributed by atoms with Crippen LogP contribution in [-0.4, -0.2) is 15.6 Å². The highest BCUT2D eigenvalue weighted by Crippen LogP contribution is 2.42. The van der Waals surface area contributed by atoms with Crippen molar-refractivity contribution in [3.8, 4) is 22.6 Å². The van der Waals surface area contributed by atoms with E-state index in [1.807, 2.05) is 24.3 Å². The fraction of sp³-hybridized carbons (Fsp3) is 0.188. The van der Waals surface area contributed by atoms with Gasteiger partial charge in [0.25, 0.3) is 11.5 Å². The van der Waals surface area contributed by atoms with E-state index in [0.29, 0.717) is 60.0 Å². The molecule has 2 N–H and O–H groups in total. The standard InChI is InChI=1S/C32H29FN2O4S/c1-18-13-21(33)14-19(2)28(18)39-26-12-11-20(32(3,4)38)15-23(26)25-17-35(5)31(37)29-24(25)16-27(40-29)30(36)34-22-9-7-6-8-10-22/h6-17,38H,1-5H3,(H,34,36). The number of aliphatic hydroxyl groups is 1. The Morgan fingerprint density at radius 3 is 2.33 bits per heavy atom. The van der Waals surface area contributed by atoms with E-state index in [1.165, 1.54) is 16.7 Å². The molecule has 0 atom stereocenters. The minimum Gasteiger partial charge on any atom is -0.456 e. The summed E-state index contributed by atoms with van der Waals surface area (Å²) in [6.45, 7) is 6.93.